The number of aromatic nitrogens is 2. The molecule has 0 aromatic carbocycles. The summed E-state index contributed by atoms with van der Waals surface area (Å²) in [5.74, 6) is 0. The number of methoxy groups -OCH3 is 1. The Labute approximate surface area is 109 Å². The van der Waals surface area contributed by atoms with Gasteiger partial charge in [-0.25, -0.2) is 4.79 Å². The number of H-pyrrole nitrogens is 1. The van der Waals surface area contributed by atoms with Gasteiger partial charge in [0, 0.05) is 19.4 Å². The van der Waals surface area contributed by atoms with Crippen molar-refractivity contribution in [1.29, 1.82) is 0 Å². The Morgan fingerprint density at radius 2 is 2.37 bits per heavy atom. The maximum Gasteiger partial charge on any atom is 0.330 e. The molecule has 3 rings (SSSR count). The highest BCUT2D eigenvalue weighted by atomic mass is 16.7. The van der Waals surface area contributed by atoms with E-state index in [9.17, 15) is 9.59 Å². The summed E-state index contributed by atoms with van der Waals surface area (Å²) in [7, 11) is 1.61. The first-order chi connectivity index (χ1) is 9.11. The van der Waals surface area contributed by atoms with Crippen LogP contribution in [0.1, 0.15) is 19.6 Å². The smallest absolute Gasteiger partial charge is 0.330 e. The van der Waals surface area contributed by atoms with E-state index in [1.807, 2.05) is 6.92 Å². The average molecular weight is 268 g/mol. The molecule has 2 aliphatic heterocycles. The standard InChI is InChI=1S/C12H16N2O5/c1-3-12-6-18-8(9(12)17-2)10(19-12)14-5-4-7(15)13-11(14)16/h4-5,8-10H,3,6H2,1-2H3,(H,13,15,16)/t8-,9?,10+,12+/m0/s1. The van der Waals surface area contributed by atoms with E-state index in [0.717, 1.165) is 6.42 Å². The lowest BCUT2D eigenvalue weighted by atomic mass is 9.96. The van der Waals surface area contributed by atoms with Crippen molar-refractivity contribution in [1.82, 2.24) is 9.55 Å². The molecule has 2 aliphatic rings. The summed E-state index contributed by atoms with van der Waals surface area (Å²) < 4.78 is 18.5. The van der Waals surface area contributed by atoms with Crippen LogP contribution in [0.2, 0.25) is 0 Å². The molecule has 0 radical (unpaired) electrons. The Hall–Kier alpha value is -1.44. The van der Waals surface area contributed by atoms with Gasteiger partial charge in [0.2, 0.25) is 0 Å². The molecule has 2 bridgehead atoms. The van der Waals surface area contributed by atoms with Crippen molar-refractivity contribution >= 4 is 0 Å². The lowest BCUT2D eigenvalue weighted by molar-refractivity contribution is -0.176. The zero-order valence-corrected chi connectivity index (χ0v) is 10.8. The summed E-state index contributed by atoms with van der Waals surface area (Å²) in [5, 5.41) is 0. The Kier molecular flexibility index (Phi) is 2.84. The van der Waals surface area contributed by atoms with Crippen LogP contribution < -0.4 is 11.2 Å². The zero-order valence-electron chi connectivity index (χ0n) is 10.8. The minimum Gasteiger partial charge on any atom is -0.375 e. The van der Waals surface area contributed by atoms with Crippen LogP contribution in [-0.2, 0) is 14.2 Å². The van der Waals surface area contributed by atoms with Gasteiger partial charge in [0.1, 0.15) is 17.8 Å². The van der Waals surface area contributed by atoms with Crippen molar-refractivity contribution in [3.63, 3.8) is 0 Å². The topological polar surface area (TPSA) is 82.5 Å². The predicted octanol–water partition coefficient (Wildman–Crippen LogP) is -0.372. The quantitative estimate of drug-likeness (QED) is 0.808. The molecule has 104 valence electrons. The number of nitrogens with one attached hydrogen (secondary N) is 1. The molecule has 3 heterocycles. The van der Waals surface area contributed by atoms with E-state index < -0.39 is 23.1 Å². The molecule has 0 amide bonds. The van der Waals surface area contributed by atoms with Crippen molar-refractivity contribution in [3.8, 4) is 0 Å². The summed E-state index contributed by atoms with van der Waals surface area (Å²) in [6.07, 6.45) is 1.04. The van der Waals surface area contributed by atoms with Crippen LogP contribution in [0.3, 0.4) is 0 Å². The maximum absolute atomic E-state index is 11.8. The minimum absolute atomic E-state index is 0.207. The predicted molar refractivity (Wildman–Crippen MR) is 65.0 cm³/mol. The van der Waals surface area contributed by atoms with Crippen LogP contribution in [0.4, 0.5) is 0 Å². The number of rotatable bonds is 3. The summed E-state index contributed by atoms with van der Waals surface area (Å²) >= 11 is 0. The lowest BCUT2D eigenvalue weighted by Crippen LogP contribution is -2.41. The number of hydrogen-bond acceptors (Lipinski definition) is 5. The summed E-state index contributed by atoms with van der Waals surface area (Å²) in [4.78, 5) is 25.1. The van der Waals surface area contributed by atoms with Crippen molar-refractivity contribution < 1.29 is 14.2 Å². The summed E-state index contributed by atoms with van der Waals surface area (Å²) in [6.45, 7) is 2.46. The fourth-order valence-electron chi connectivity index (χ4n) is 2.92. The van der Waals surface area contributed by atoms with Crippen LogP contribution >= 0.6 is 0 Å². The van der Waals surface area contributed by atoms with Gasteiger partial charge < -0.3 is 14.2 Å². The Bertz CT molecular complexity index is 594. The highest BCUT2D eigenvalue weighted by Crippen LogP contribution is 2.47. The molecule has 0 spiro atoms. The Balaban J connectivity index is 2.00. The van der Waals surface area contributed by atoms with Crippen LogP contribution in [0.25, 0.3) is 0 Å². The summed E-state index contributed by atoms with van der Waals surface area (Å²) in [6, 6.07) is 1.29. The van der Waals surface area contributed by atoms with Gasteiger partial charge in [-0.2, -0.15) is 0 Å². The van der Waals surface area contributed by atoms with Crippen LogP contribution in [0.5, 0.6) is 0 Å². The third-order valence-corrected chi connectivity index (χ3v) is 3.95. The van der Waals surface area contributed by atoms with Gasteiger partial charge in [-0.1, -0.05) is 6.92 Å². The third-order valence-electron chi connectivity index (χ3n) is 3.95. The first-order valence-electron chi connectivity index (χ1n) is 6.25. The van der Waals surface area contributed by atoms with E-state index in [-0.39, 0.29) is 12.2 Å². The van der Waals surface area contributed by atoms with E-state index >= 15 is 0 Å². The molecule has 1 aromatic rings. The van der Waals surface area contributed by atoms with Crippen molar-refractivity contribution in [2.75, 3.05) is 13.7 Å². The van der Waals surface area contributed by atoms with Gasteiger partial charge in [-0.15, -0.1) is 0 Å². The zero-order chi connectivity index (χ0) is 13.6. The van der Waals surface area contributed by atoms with Crippen molar-refractivity contribution in [2.24, 2.45) is 0 Å². The fourth-order valence-corrected chi connectivity index (χ4v) is 2.92. The van der Waals surface area contributed by atoms with Gasteiger partial charge in [0.05, 0.1) is 6.61 Å². The molecule has 0 aliphatic carbocycles. The number of aromatic amines is 1. The van der Waals surface area contributed by atoms with Crippen LogP contribution in [0, 0.1) is 0 Å². The lowest BCUT2D eigenvalue weighted by Gasteiger charge is -2.30. The second-order valence-electron chi connectivity index (χ2n) is 4.88. The normalized spacial score (nSPS) is 36.8. The molecule has 7 heteroatoms. The first kappa shape index (κ1) is 12.6. The van der Waals surface area contributed by atoms with E-state index in [1.165, 1.54) is 16.8 Å². The molecular formula is C12H16N2O5. The van der Waals surface area contributed by atoms with E-state index in [1.54, 1.807) is 7.11 Å². The molecule has 2 saturated heterocycles. The van der Waals surface area contributed by atoms with Crippen LogP contribution in [-0.4, -0.2) is 41.1 Å². The largest absolute Gasteiger partial charge is 0.375 e. The number of ether oxygens (including phenoxy) is 3. The molecule has 2 fully saturated rings. The molecule has 19 heavy (non-hydrogen) atoms. The Morgan fingerprint density at radius 3 is 2.95 bits per heavy atom. The number of hydrogen-bond donors (Lipinski definition) is 1. The van der Waals surface area contributed by atoms with Gasteiger partial charge in [-0.3, -0.25) is 14.3 Å². The average Bonchev–Trinajstić information content (AvgIpc) is 2.91. The monoisotopic (exact) mass is 268 g/mol. The van der Waals surface area contributed by atoms with E-state index in [4.69, 9.17) is 14.2 Å². The van der Waals surface area contributed by atoms with Gasteiger partial charge >= 0.3 is 5.69 Å². The molecule has 1 N–H and O–H groups in total. The van der Waals surface area contributed by atoms with E-state index in [2.05, 4.69) is 4.98 Å². The first-order valence-corrected chi connectivity index (χ1v) is 6.25. The fraction of sp³-hybridized carbons (Fsp3) is 0.667. The maximum atomic E-state index is 11.8. The minimum atomic E-state index is -0.567. The molecule has 1 unspecified atom stereocenters. The summed E-state index contributed by atoms with van der Waals surface area (Å²) in [5.41, 5.74) is -1.45. The highest BCUT2D eigenvalue weighted by Gasteiger charge is 2.61. The van der Waals surface area contributed by atoms with Gasteiger partial charge in [0.25, 0.3) is 5.56 Å². The highest BCUT2D eigenvalue weighted by molar-refractivity contribution is 5.07. The van der Waals surface area contributed by atoms with Gasteiger partial charge in [0.15, 0.2) is 6.23 Å². The Morgan fingerprint density at radius 1 is 1.58 bits per heavy atom. The molecular weight excluding hydrogens is 252 g/mol. The molecule has 4 atom stereocenters. The van der Waals surface area contributed by atoms with Crippen molar-refractivity contribution in [3.05, 3.63) is 33.1 Å². The second-order valence-corrected chi connectivity index (χ2v) is 4.88. The second kappa shape index (κ2) is 4.29. The number of nitrogens with zero attached hydrogens (tertiary/aromatic N) is 1. The number of fused-ring (bicyclic) bond motifs is 2. The molecule has 1 aromatic heterocycles. The SMILES string of the molecule is CC[C@@]12CO[C@@H](C1OC)[C@H](n1ccc(=O)[nH]c1=O)O2. The van der Waals surface area contributed by atoms with Gasteiger partial charge in [-0.05, 0) is 6.42 Å². The molecule has 7 nitrogen and oxygen atoms in total. The third kappa shape index (κ3) is 1.69. The van der Waals surface area contributed by atoms with Crippen LogP contribution in [0.15, 0.2) is 21.9 Å². The van der Waals surface area contributed by atoms with Crippen molar-refractivity contribution in [2.45, 2.75) is 37.4 Å². The van der Waals surface area contributed by atoms with E-state index in [0.29, 0.717) is 6.61 Å². The molecule has 0 saturated carbocycles.